The van der Waals surface area contributed by atoms with Crippen LogP contribution in [0.25, 0.3) is 11.1 Å². The van der Waals surface area contributed by atoms with Crippen molar-refractivity contribution >= 4 is 39.1 Å². The smallest absolute Gasteiger partial charge is 0.262 e. The zero-order valence-electron chi connectivity index (χ0n) is 19.0. The Kier molecular flexibility index (Phi) is 8.30. The lowest BCUT2D eigenvalue weighted by molar-refractivity contribution is -0.118. The summed E-state index contributed by atoms with van der Waals surface area (Å²) in [5.41, 5.74) is 4.48. The lowest BCUT2D eigenvalue weighted by Gasteiger charge is -2.11. The van der Waals surface area contributed by atoms with Crippen molar-refractivity contribution in [3.63, 3.8) is 0 Å². The van der Waals surface area contributed by atoms with E-state index < -0.39 is 0 Å². The number of rotatable bonds is 9. The van der Waals surface area contributed by atoms with Crippen LogP contribution in [0.1, 0.15) is 12.0 Å². The van der Waals surface area contributed by atoms with Gasteiger partial charge in [-0.05, 0) is 69.4 Å². The Morgan fingerprint density at radius 3 is 2.03 bits per heavy atom. The van der Waals surface area contributed by atoms with Crippen LogP contribution in [0.2, 0.25) is 0 Å². The third-order valence-electron chi connectivity index (χ3n) is 5.31. The fourth-order valence-electron chi connectivity index (χ4n) is 3.57. The number of halogens is 1. The van der Waals surface area contributed by atoms with Gasteiger partial charge < -0.3 is 15.4 Å². The number of aryl methyl sites for hydroxylation is 1. The summed E-state index contributed by atoms with van der Waals surface area (Å²) in [7, 11) is 0. The van der Waals surface area contributed by atoms with Gasteiger partial charge in [-0.3, -0.25) is 9.59 Å². The summed E-state index contributed by atoms with van der Waals surface area (Å²) in [6, 6.07) is 32.7. The molecule has 0 atom stereocenters. The molecule has 5 nitrogen and oxygen atoms in total. The largest absolute Gasteiger partial charge is 0.483 e. The summed E-state index contributed by atoms with van der Waals surface area (Å²) < 4.78 is 6.47. The Balaban J connectivity index is 1.27. The molecule has 0 aliphatic carbocycles. The summed E-state index contributed by atoms with van der Waals surface area (Å²) in [4.78, 5) is 24.7. The van der Waals surface area contributed by atoms with E-state index in [1.54, 1.807) is 24.3 Å². The van der Waals surface area contributed by atoms with Crippen LogP contribution in [-0.2, 0) is 16.0 Å². The van der Waals surface area contributed by atoms with Crippen LogP contribution in [0.15, 0.2) is 108 Å². The van der Waals surface area contributed by atoms with Crippen LogP contribution in [-0.4, -0.2) is 18.4 Å². The summed E-state index contributed by atoms with van der Waals surface area (Å²) >= 11 is 3.52. The average molecular weight is 529 g/mol. The maximum atomic E-state index is 12.4. The molecule has 4 aromatic rings. The molecular weight excluding hydrogens is 504 g/mol. The Bertz CT molecular complexity index is 1290. The molecular formula is C29H25BrN2O3. The molecule has 0 aliphatic rings. The lowest BCUT2D eigenvalue weighted by atomic mass is 10.1. The van der Waals surface area contributed by atoms with Crippen molar-refractivity contribution in [2.24, 2.45) is 0 Å². The molecule has 0 bridgehead atoms. The van der Waals surface area contributed by atoms with Gasteiger partial charge in [-0.2, -0.15) is 0 Å². The molecule has 0 fully saturated rings. The standard InChI is InChI=1S/C29H25BrN2O3/c30-26-18-23(22-10-5-2-6-11-22)15-16-27(26)35-20-29(34)32-25-13-7-12-24(19-25)31-28(33)17-14-21-8-3-1-4-9-21/h1-13,15-16,18-19H,14,17,20H2,(H,31,33)(H,32,34). The van der Waals surface area contributed by atoms with E-state index in [0.29, 0.717) is 30.0 Å². The fourth-order valence-corrected chi connectivity index (χ4v) is 4.06. The molecule has 4 rings (SSSR count). The second-order valence-corrected chi connectivity index (χ2v) is 8.82. The first-order valence-electron chi connectivity index (χ1n) is 11.3. The first kappa shape index (κ1) is 24.2. The van der Waals surface area contributed by atoms with Gasteiger partial charge in [-0.1, -0.05) is 72.8 Å². The minimum atomic E-state index is -0.295. The van der Waals surface area contributed by atoms with Crippen molar-refractivity contribution in [3.8, 4) is 16.9 Å². The van der Waals surface area contributed by atoms with Crippen molar-refractivity contribution in [1.82, 2.24) is 0 Å². The summed E-state index contributed by atoms with van der Waals surface area (Å²) in [6.07, 6.45) is 1.05. The second-order valence-electron chi connectivity index (χ2n) is 7.96. The molecule has 6 heteroatoms. The Labute approximate surface area is 213 Å². The number of nitrogens with one attached hydrogen (secondary N) is 2. The van der Waals surface area contributed by atoms with Crippen molar-refractivity contribution in [1.29, 1.82) is 0 Å². The molecule has 0 saturated heterocycles. The van der Waals surface area contributed by atoms with Crippen molar-refractivity contribution in [2.75, 3.05) is 17.2 Å². The molecule has 2 amide bonds. The maximum absolute atomic E-state index is 12.4. The highest BCUT2D eigenvalue weighted by atomic mass is 79.9. The first-order valence-corrected chi connectivity index (χ1v) is 12.1. The maximum Gasteiger partial charge on any atom is 0.262 e. The monoisotopic (exact) mass is 528 g/mol. The van der Waals surface area contributed by atoms with Crippen LogP contribution in [0, 0.1) is 0 Å². The van der Waals surface area contributed by atoms with Crippen molar-refractivity contribution in [3.05, 3.63) is 113 Å². The topological polar surface area (TPSA) is 67.4 Å². The third kappa shape index (κ3) is 7.29. The van der Waals surface area contributed by atoms with E-state index >= 15 is 0 Å². The minimum absolute atomic E-state index is 0.0792. The van der Waals surface area contributed by atoms with E-state index in [9.17, 15) is 9.59 Å². The van der Waals surface area contributed by atoms with Crippen molar-refractivity contribution in [2.45, 2.75) is 12.8 Å². The highest BCUT2D eigenvalue weighted by Crippen LogP contribution is 2.30. The van der Waals surface area contributed by atoms with E-state index in [4.69, 9.17) is 4.74 Å². The summed E-state index contributed by atoms with van der Waals surface area (Å²) in [5, 5.41) is 5.69. The molecule has 0 radical (unpaired) electrons. The van der Waals surface area contributed by atoms with E-state index in [-0.39, 0.29) is 18.4 Å². The molecule has 0 aliphatic heterocycles. The van der Waals surface area contributed by atoms with Gasteiger partial charge >= 0.3 is 0 Å². The van der Waals surface area contributed by atoms with Crippen LogP contribution in [0.3, 0.4) is 0 Å². The van der Waals surface area contributed by atoms with E-state index in [2.05, 4.69) is 26.6 Å². The summed E-state index contributed by atoms with van der Waals surface area (Å²) in [5.74, 6) is 0.209. The quantitative estimate of drug-likeness (QED) is 0.254. The van der Waals surface area contributed by atoms with Gasteiger partial charge in [0.1, 0.15) is 5.75 Å². The molecule has 2 N–H and O–H groups in total. The van der Waals surface area contributed by atoms with Crippen LogP contribution in [0.5, 0.6) is 5.75 Å². The van der Waals surface area contributed by atoms with Gasteiger partial charge in [0.15, 0.2) is 6.61 Å². The number of ether oxygens (including phenoxy) is 1. The van der Waals surface area contributed by atoms with Crippen molar-refractivity contribution < 1.29 is 14.3 Å². The molecule has 0 spiro atoms. The van der Waals surface area contributed by atoms with E-state index in [1.807, 2.05) is 78.9 Å². The number of benzene rings is 4. The summed E-state index contributed by atoms with van der Waals surface area (Å²) in [6.45, 7) is -0.142. The zero-order valence-corrected chi connectivity index (χ0v) is 20.6. The average Bonchev–Trinajstić information content (AvgIpc) is 2.88. The number of hydrogen-bond donors (Lipinski definition) is 2. The van der Waals surface area contributed by atoms with Crippen LogP contribution < -0.4 is 15.4 Å². The molecule has 4 aromatic carbocycles. The molecule has 0 heterocycles. The molecule has 176 valence electrons. The Morgan fingerprint density at radius 2 is 1.34 bits per heavy atom. The normalized spacial score (nSPS) is 10.4. The first-order chi connectivity index (χ1) is 17.1. The number of amides is 2. The Hall–Kier alpha value is -3.90. The predicted octanol–water partition coefficient (Wildman–Crippen LogP) is 6.70. The predicted molar refractivity (Wildman–Crippen MR) is 144 cm³/mol. The number of hydrogen-bond acceptors (Lipinski definition) is 3. The zero-order chi connectivity index (χ0) is 24.5. The second kappa shape index (κ2) is 12.0. The lowest BCUT2D eigenvalue weighted by Crippen LogP contribution is -2.20. The van der Waals surface area contributed by atoms with E-state index in [1.165, 1.54) is 0 Å². The Morgan fingerprint density at radius 1 is 0.686 bits per heavy atom. The SMILES string of the molecule is O=C(CCc1ccccc1)Nc1cccc(NC(=O)COc2ccc(-c3ccccc3)cc2Br)c1. The van der Waals surface area contributed by atoms with Gasteiger partial charge in [0.25, 0.3) is 5.91 Å². The molecule has 0 saturated carbocycles. The molecule has 0 aromatic heterocycles. The highest BCUT2D eigenvalue weighted by molar-refractivity contribution is 9.10. The molecule has 0 unspecified atom stereocenters. The third-order valence-corrected chi connectivity index (χ3v) is 5.93. The number of carbonyl (C=O) groups excluding carboxylic acids is 2. The van der Waals surface area contributed by atoms with Gasteiger partial charge in [0.05, 0.1) is 4.47 Å². The number of anilines is 2. The van der Waals surface area contributed by atoms with Gasteiger partial charge in [-0.25, -0.2) is 0 Å². The number of carbonyl (C=O) groups is 2. The van der Waals surface area contributed by atoms with Gasteiger partial charge in [-0.15, -0.1) is 0 Å². The fraction of sp³-hybridized carbons (Fsp3) is 0.103. The van der Waals surface area contributed by atoms with Gasteiger partial charge in [0, 0.05) is 17.8 Å². The van der Waals surface area contributed by atoms with Gasteiger partial charge in [0.2, 0.25) is 5.91 Å². The molecule has 35 heavy (non-hydrogen) atoms. The van der Waals surface area contributed by atoms with E-state index in [0.717, 1.165) is 21.2 Å². The minimum Gasteiger partial charge on any atom is -0.483 e. The van der Waals surface area contributed by atoms with Crippen LogP contribution >= 0.6 is 15.9 Å². The highest BCUT2D eigenvalue weighted by Gasteiger charge is 2.09. The van der Waals surface area contributed by atoms with Crippen LogP contribution in [0.4, 0.5) is 11.4 Å².